The summed E-state index contributed by atoms with van der Waals surface area (Å²) in [5, 5.41) is 3.17. The Labute approximate surface area is 104 Å². The Hall–Kier alpha value is -1.32. The van der Waals surface area contributed by atoms with Gasteiger partial charge in [-0.15, -0.1) is 0 Å². The zero-order valence-electron chi connectivity index (χ0n) is 11.6. The van der Waals surface area contributed by atoms with Gasteiger partial charge in [0.2, 0.25) is 5.95 Å². The summed E-state index contributed by atoms with van der Waals surface area (Å²) in [7, 11) is 2.11. The van der Waals surface area contributed by atoms with Gasteiger partial charge in [0, 0.05) is 31.4 Å². The fourth-order valence-electron chi connectivity index (χ4n) is 1.99. The molecule has 0 radical (unpaired) electrons. The van der Waals surface area contributed by atoms with Crippen LogP contribution in [0, 0.1) is 6.92 Å². The first-order chi connectivity index (χ1) is 8.12. The van der Waals surface area contributed by atoms with Gasteiger partial charge >= 0.3 is 0 Å². The van der Waals surface area contributed by atoms with Crippen molar-refractivity contribution in [1.82, 2.24) is 9.97 Å². The summed E-state index contributed by atoms with van der Waals surface area (Å²) >= 11 is 0. The fourth-order valence-corrected chi connectivity index (χ4v) is 1.99. The maximum absolute atomic E-state index is 4.54. The third-order valence-corrected chi connectivity index (χ3v) is 3.03. The molecule has 4 heteroatoms. The molecule has 1 N–H and O–H groups in total. The van der Waals surface area contributed by atoms with Crippen LogP contribution < -0.4 is 10.2 Å². The highest BCUT2D eigenvalue weighted by Crippen LogP contribution is 2.18. The Morgan fingerprint density at radius 3 is 2.41 bits per heavy atom. The minimum atomic E-state index is 0.541. The number of hydrogen-bond donors (Lipinski definition) is 1. The summed E-state index contributed by atoms with van der Waals surface area (Å²) in [4.78, 5) is 11.2. The van der Waals surface area contributed by atoms with Gasteiger partial charge in [0.1, 0.15) is 5.82 Å². The molecule has 0 saturated carbocycles. The number of aryl methyl sites for hydroxylation is 1. The van der Waals surface area contributed by atoms with Crippen LogP contribution in [0.2, 0.25) is 0 Å². The van der Waals surface area contributed by atoms with E-state index in [9.17, 15) is 0 Å². The number of nitrogens with one attached hydrogen (secondary N) is 1. The second-order valence-corrected chi connectivity index (χ2v) is 4.30. The van der Waals surface area contributed by atoms with E-state index in [1.54, 1.807) is 0 Å². The van der Waals surface area contributed by atoms with Gasteiger partial charge in [-0.05, 0) is 26.7 Å². The number of nitrogens with zero attached hydrogens (tertiary/aromatic N) is 3. The predicted octanol–water partition coefficient (Wildman–Crippen LogP) is 2.84. The Balaban J connectivity index is 2.95. The molecule has 1 aromatic heterocycles. The van der Waals surface area contributed by atoms with Crippen LogP contribution in [0.5, 0.6) is 0 Å². The summed E-state index contributed by atoms with van der Waals surface area (Å²) in [5.41, 5.74) is 1.00. The van der Waals surface area contributed by atoms with Crippen molar-refractivity contribution in [3.8, 4) is 0 Å². The summed E-state index contributed by atoms with van der Waals surface area (Å²) in [6.45, 7) is 9.33. The number of aromatic nitrogens is 2. The first kappa shape index (κ1) is 13.7. The topological polar surface area (TPSA) is 41.1 Å². The molecule has 17 heavy (non-hydrogen) atoms. The molecular formula is C13H24N4. The lowest BCUT2D eigenvalue weighted by Gasteiger charge is -2.27. The highest BCUT2D eigenvalue weighted by Gasteiger charge is 2.13. The lowest BCUT2D eigenvalue weighted by Crippen LogP contribution is -2.31. The van der Waals surface area contributed by atoms with Crippen molar-refractivity contribution in [2.24, 2.45) is 0 Å². The van der Waals surface area contributed by atoms with Crippen LogP contribution in [-0.2, 0) is 0 Å². The molecule has 0 spiro atoms. The SMILES string of the molecule is CCNc1nc(C)cc(N(C)C(CC)CC)n1. The predicted molar refractivity (Wildman–Crippen MR) is 73.7 cm³/mol. The van der Waals surface area contributed by atoms with E-state index in [-0.39, 0.29) is 0 Å². The van der Waals surface area contributed by atoms with E-state index in [0.29, 0.717) is 6.04 Å². The average molecular weight is 236 g/mol. The van der Waals surface area contributed by atoms with E-state index in [2.05, 4.69) is 48.0 Å². The van der Waals surface area contributed by atoms with Crippen molar-refractivity contribution in [3.05, 3.63) is 11.8 Å². The molecule has 0 saturated heterocycles. The second-order valence-electron chi connectivity index (χ2n) is 4.30. The minimum absolute atomic E-state index is 0.541. The van der Waals surface area contributed by atoms with Crippen LogP contribution in [0.4, 0.5) is 11.8 Å². The van der Waals surface area contributed by atoms with Gasteiger partial charge in [-0.3, -0.25) is 0 Å². The quantitative estimate of drug-likeness (QED) is 0.824. The molecule has 0 aromatic carbocycles. The van der Waals surface area contributed by atoms with Crippen LogP contribution in [-0.4, -0.2) is 29.6 Å². The van der Waals surface area contributed by atoms with Crippen LogP contribution >= 0.6 is 0 Å². The van der Waals surface area contributed by atoms with Gasteiger partial charge in [0.05, 0.1) is 0 Å². The maximum Gasteiger partial charge on any atom is 0.224 e. The van der Waals surface area contributed by atoms with Crippen molar-refractivity contribution in [3.63, 3.8) is 0 Å². The number of anilines is 2. The van der Waals surface area contributed by atoms with Gasteiger partial charge in [0.15, 0.2) is 0 Å². The molecule has 0 amide bonds. The minimum Gasteiger partial charge on any atom is -0.357 e. The maximum atomic E-state index is 4.54. The normalized spacial score (nSPS) is 10.7. The third-order valence-electron chi connectivity index (χ3n) is 3.03. The van der Waals surface area contributed by atoms with Crippen LogP contribution in [0.1, 0.15) is 39.3 Å². The van der Waals surface area contributed by atoms with E-state index in [4.69, 9.17) is 0 Å². The summed E-state index contributed by atoms with van der Waals surface area (Å²) in [6.07, 6.45) is 2.26. The molecule has 1 rings (SSSR count). The fraction of sp³-hybridized carbons (Fsp3) is 0.692. The average Bonchev–Trinajstić information content (AvgIpc) is 2.30. The van der Waals surface area contributed by atoms with Gasteiger partial charge in [-0.25, -0.2) is 4.98 Å². The van der Waals surface area contributed by atoms with Crippen molar-refractivity contribution < 1.29 is 0 Å². The van der Waals surface area contributed by atoms with Crippen molar-refractivity contribution in [2.75, 3.05) is 23.8 Å². The Kier molecular flexibility index (Phi) is 5.19. The molecule has 0 aliphatic carbocycles. The van der Waals surface area contributed by atoms with Crippen LogP contribution in [0.25, 0.3) is 0 Å². The lowest BCUT2D eigenvalue weighted by molar-refractivity contribution is 0.586. The van der Waals surface area contributed by atoms with Crippen molar-refractivity contribution in [1.29, 1.82) is 0 Å². The van der Waals surface area contributed by atoms with Crippen LogP contribution in [0.15, 0.2) is 6.07 Å². The Morgan fingerprint density at radius 1 is 1.24 bits per heavy atom. The highest BCUT2D eigenvalue weighted by atomic mass is 15.2. The van der Waals surface area contributed by atoms with E-state index < -0.39 is 0 Å². The molecule has 0 fully saturated rings. The van der Waals surface area contributed by atoms with E-state index in [1.807, 2.05) is 13.0 Å². The van der Waals surface area contributed by atoms with Crippen molar-refractivity contribution in [2.45, 2.75) is 46.6 Å². The molecular weight excluding hydrogens is 212 g/mol. The van der Waals surface area contributed by atoms with E-state index in [1.165, 1.54) is 0 Å². The molecule has 0 aliphatic rings. The van der Waals surface area contributed by atoms with Gasteiger partial charge < -0.3 is 10.2 Å². The third kappa shape index (κ3) is 3.58. The Bertz CT molecular complexity index is 347. The lowest BCUT2D eigenvalue weighted by atomic mass is 10.1. The first-order valence-corrected chi connectivity index (χ1v) is 6.44. The second kappa shape index (κ2) is 6.42. The first-order valence-electron chi connectivity index (χ1n) is 6.44. The van der Waals surface area contributed by atoms with Gasteiger partial charge in [-0.2, -0.15) is 4.98 Å². The zero-order chi connectivity index (χ0) is 12.8. The molecule has 1 aromatic rings. The van der Waals surface area contributed by atoms with E-state index in [0.717, 1.165) is 36.8 Å². The number of hydrogen-bond acceptors (Lipinski definition) is 4. The zero-order valence-corrected chi connectivity index (χ0v) is 11.6. The molecule has 0 unspecified atom stereocenters. The highest BCUT2D eigenvalue weighted by molar-refractivity contribution is 5.44. The smallest absolute Gasteiger partial charge is 0.224 e. The molecule has 96 valence electrons. The number of rotatable bonds is 6. The molecule has 0 aliphatic heterocycles. The Morgan fingerprint density at radius 2 is 1.88 bits per heavy atom. The molecule has 0 bridgehead atoms. The summed E-state index contributed by atoms with van der Waals surface area (Å²) < 4.78 is 0. The molecule has 0 atom stereocenters. The van der Waals surface area contributed by atoms with Crippen molar-refractivity contribution >= 4 is 11.8 Å². The standard InChI is InChI=1S/C13H24N4/c1-6-11(7-2)17(5)12-9-10(4)15-13(16-12)14-8-3/h9,11H,6-8H2,1-5H3,(H,14,15,16). The largest absolute Gasteiger partial charge is 0.357 e. The van der Waals surface area contributed by atoms with E-state index >= 15 is 0 Å². The van der Waals surface area contributed by atoms with Gasteiger partial charge in [-0.1, -0.05) is 13.8 Å². The molecule has 1 heterocycles. The monoisotopic (exact) mass is 236 g/mol. The van der Waals surface area contributed by atoms with Crippen LogP contribution in [0.3, 0.4) is 0 Å². The summed E-state index contributed by atoms with van der Waals surface area (Å²) in [6, 6.07) is 2.58. The van der Waals surface area contributed by atoms with Gasteiger partial charge in [0.25, 0.3) is 0 Å². The summed E-state index contributed by atoms with van der Waals surface area (Å²) in [5.74, 6) is 1.72. The molecule has 4 nitrogen and oxygen atoms in total.